The molecule has 0 N–H and O–H groups in total. The van der Waals surface area contributed by atoms with Crippen molar-refractivity contribution in [1.82, 2.24) is 0 Å². The number of ether oxygens (including phenoxy) is 1. The molecule has 14 heavy (non-hydrogen) atoms. The third kappa shape index (κ3) is 2.50. The highest BCUT2D eigenvalue weighted by atomic mass is 16.5. The molecule has 0 radical (unpaired) electrons. The summed E-state index contributed by atoms with van der Waals surface area (Å²) in [4.78, 5) is 0. The first-order valence-corrected chi connectivity index (χ1v) is 4.88. The van der Waals surface area contributed by atoms with Crippen LogP contribution in [0.25, 0.3) is 0 Å². The maximum Gasteiger partial charge on any atom is 0.174 e. The molecule has 0 heterocycles. The van der Waals surface area contributed by atoms with E-state index >= 15 is 0 Å². The van der Waals surface area contributed by atoms with Crippen LogP contribution in [-0.4, -0.2) is 6.61 Å². The summed E-state index contributed by atoms with van der Waals surface area (Å²) in [6.07, 6.45) is 1.08. The van der Waals surface area contributed by atoms with Gasteiger partial charge in [-0.05, 0) is 24.0 Å². The fourth-order valence-corrected chi connectivity index (χ4v) is 1.35. The van der Waals surface area contributed by atoms with Crippen molar-refractivity contribution in [2.24, 2.45) is 0 Å². The van der Waals surface area contributed by atoms with E-state index in [1.165, 1.54) is 5.56 Å². The topological polar surface area (TPSA) is 33.0 Å². The monoisotopic (exact) mass is 189 g/mol. The lowest BCUT2D eigenvalue weighted by atomic mass is 9.98. The van der Waals surface area contributed by atoms with Gasteiger partial charge < -0.3 is 4.74 Å². The summed E-state index contributed by atoms with van der Waals surface area (Å²) in [5, 5.41) is 8.44. The third-order valence-corrected chi connectivity index (χ3v) is 2.35. The lowest BCUT2D eigenvalue weighted by Gasteiger charge is -2.13. The highest BCUT2D eigenvalue weighted by Gasteiger charge is 2.08. The highest BCUT2D eigenvalue weighted by Crippen LogP contribution is 2.28. The molecule has 0 aliphatic heterocycles. The van der Waals surface area contributed by atoms with Gasteiger partial charge in [-0.25, -0.2) is 0 Å². The van der Waals surface area contributed by atoms with Crippen molar-refractivity contribution < 1.29 is 4.74 Å². The molecule has 0 amide bonds. The van der Waals surface area contributed by atoms with Crippen LogP contribution in [0.2, 0.25) is 0 Å². The van der Waals surface area contributed by atoms with E-state index in [9.17, 15) is 0 Å². The Bertz CT molecular complexity index is 327. The van der Waals surface area contributed by atoms with Gasteiger partial charge in [0.2, 0.25) is 0 Å². The Labute approximate surface area is 85.1 Å². The van der Waals surface area contributed by atoms with Crippen LogP contribution in [0.5, 0.6) is 5.75 Å². The second-order valence-corrected chi connectivity index (χ2v) is 3.29. The van der Waals surface area contributed by atoms with Crippen molar-refractivity contribution in [1.29, 1.82) is 5.26 Å². The van der Waals surface area contributed by atoms with Crippen molar-refractivity contribution in [3.05, 3.63) is 29.8 Å². The van der Waals surface area contributed by atoms with Gasteiger partial charge in [-0.1, -0.05) is 32.0 Å². The maximum atomic E-state index is 8.44. The molecule has 0 fully saturated rings. The van der Waals surface area contributed by atoms with Gasteiger partial charge in [-0.2, -0.15) is 5.26 Å². The first kappa shape index (κ1) is 10.6. The summed E-state index contributed by atoms with van der Waals surface area (Å²) in [6.45, 7) is 4.42. The molecule has 2 heteroatoms. The van der Waals surface area contributed by atoms with Crippen molar-refractivity contribution in [3.8, 4) is 11.8 Å². The quantitative estimate of drug-likeness (QED) is 0.729. The Morgan fingerprint density at radius 3 is 2.79 bits per heavy atom. The van der Waals surface area contributed by atoms with E-state index in [1.807, 2.05) is 24.3 Å². The van der Waals surface area contributed by atoms with E-state index in [1.54, 1.807) is 0 Å². The largest absolute Gasteiger partial charge is 0.478 e. The summed E-state index contributed by atoms with van der Waals surface area (Å²) in [5.41, 5.74) is 1.19. The average Bonchev–Trinajstić information content (AvgIpc) is 2.25. The fourth-order valence-electron chi connectivity index (χ4n) is 1.35. The van der Waals surface area contributed by atoms with Crippen LogP contribution in [0.1, 0.15) is 31.7 Å². The van der Waals surface area contributed by atoms with Gasteiger partial charge >= 0.3 is 0 Å². The normalized spacial score (nSPS) is 11.8. The van der Waals surface area contributed by atoms with Crippen LogP contribution in [0, 0.1) is 11.3 Å². The molecule has 1 rings (SSSR count). The fraction of sp³-hybridized carbons (Fsp3) is 0.417. The van der Waals surface area contributed by atoms with E-state index in [0.717, 1.165) is 12.2 Å². The number of para-hydroxylation sites is 1. The molecule has 1 aromatic carbocycles. The number of nitriles is 1. The van der Waals surface area contributed by atoms with Crippen molar-refractivity contribution in [2.45, 2.75) is 26.2 Å². The highest BCUT2D eigenvalue weighted by molar-refractivity contribution is 5.36. The first-order chi connectivity index (χ1) is 6.79. The van der Waals surface area contributed by atoms with Gasteiger partial charge in [-0.3, -0.25) is 0 Å². The standard InChI is InChI=1S/C12H15NO/c1-3-10(2)11-6-4-5-7-12(11)14-9-8-13/h4-7,10H,3,9H2,1-2H3. The van der Waals surface area contributed by atoms with Crippen LogP contribution in [0.3, 0.4) is 0 Å². The van der Waals surface area contributed by atoms with Crippen LogP contribution in [0.4, 0.5) is 0 Å². The van der Waals surface area contributed by atoms with Crippen molar-refractivity contribution >= 4 is 0 Å². The minimum atomic E-state index is 0.118. The average molecular weight is 189 g/mol. The van der Waals surface area contributed by atoms with Gasteiger partial charge in [0.1, 0.15) is 11.8 Å². The van der Waals surface area contributed by atoms with Gasteiger partial charge in [-0.15, -0.1) is 0 Å². The molecular weight excluding hydrogens is 174 g/mol. The van der Waals surface area contributed by atoms with E-state index in [-0.39, 0.29) is 6.61 Å². The number of hydrogen-bond donors (Lipinski definition) is 0. The molecule has 2 nitrogen and oxygen atoms in total. The summed E-state index contributed by atoms with van der Waals surface area (Å²) < 4.78 is 5.35. The molecule has 74 valence electrons. The lowest BCUT2D eigenvalue weighted by molar-refractivity contribution is 0.361. The molecule has 0 saturated carbocycles. The Hall–Kier alpha value is -1.49. The molecule has 0 aliphatic rings. The Morgan fingerprint density at radius 1 is 1.43 bits per heavy atom. The van der Waals surface area contributed by atoms with Crippen molar-refractivity contribution in [3.63, 3.8) is 0 Å². The first-order valence-electron chi connectivity index (χ1n) is 4.88. The molecule has 1 atom stereocenters. The summed E-state index contributed by atoms with van der Waals surface area (Å²) in [5.74, 6) is 1.31. The summed E-state index contributed by atoms with van der Waals surface area (Å²) in [7, 11) is 0. The number of rotatable bonds is 4. The van der Waals surface area contributed by atoms with Gasteiger partial charge in [0.25, 0.3) is 0 Å². The van der Waals surface area contributed by atoms with Crippen LogP contribution < -0.4 is 4.74 Å². The molecular formula is C12H15NO. The molecule has 0 aromatic heterocycles. The van der Waals surface area contributed by atoms with E-state index in [0.29, 0.717) is 5.92 Å². The van der Waals surface area contributed by atoms with Gasteiger partial charge in [0, 0.05) is 0 Å². The zero-order chi connectivity index (χ0) is 10.4. The minimum Gasteiger partial charge on any atom is -0.478 e. The molecule has 1 unspecified atom stereocenters. The smallest absolute Gasteiger partial charge is 0.174 e. The second kappa shape index (κ2) is 5.29. The summed E-state index contributed by atoms with van der Waals surface area (Å²) in [6, 6.07) is 9.88. The molecule has 0 aliphatic carbocycles. The zero-order valence-electron chi connectivity index (χ0n) is 8.66. The van der Waals surface area contributed by atoms with Crippen LogP contribution in [0.15, 0.2) is 24.3 Å². The minimum absolute atomic E-state index is 0.118. The van der Waals surface area contributed by atoms with Gasteiger partial charge in [0.15, 0.2) is 6.61 Å². The zero-order valence-corrected chi connectivity index (χ0v) is 8.66. The number of hydrogen-bond acceptors (Lipinski definition) is 2. The van der Waals surface area contributed by atoms with Crippen molar-refractivity contribution in [2.75, 3.05) is 6.61 Å². The Balaban J connectivity index is 2.86. The van der Waals surface area contributed by atoms with E-state index in [2.05, 4.69) is 19.9 Å². The predicted octanol–water partition coefficient (Wildman–Crippen LogP) is 3.10. The maximum absolute atomic E-state index is 8.44. The number of nitrogens with zero attached hydrogens (tertiary/aromatic N) is 1. The van der Waals surface area contributed by atoms with Crippen LogP contribution >= 0.6 is 0 Å². The van der Waals surface area contributed by atoms with E-state index < -0.39 is 0 Å². The summed E-state index contributed by atoms with van der Waals surface area (Å²) >= 11 is 0. The number of benzene rings is 1. The Morgan fingerprint density at radius 2 is 2.14 bits per heavy atom. The molecule has 0 saturated heterocycles. The third-order valence-electron chi connectivity index (χ3n) is 2.35. The predicted molar refractivity (Wildman–Crippen MR) is 56.3 cm³/mol. The van der Waals surface area contributed by atoms with E-state index in [4.69, 9.17) is 10.00 Å². The molecule has 0 spiro atoms. The Kier molecular flexibility index (Phi) is 4.00. The molecule has 1 aromatic rings. The lowest BCUT2D eigenvalue weighted by Crippen LogP contribution is -2.00. The van der Waals surface area contributed by atoms with Crippen LogP contribution in [-0.2, 0) is 0 Å². The van der Waals surface area contributed by atoms with Gasteiger partial charge in [0.05, 0.1) is 0 Å². The SMILES string of the molecule is CCC(C)c1ccccc1OCC#N. The molecule has 0 bridgehead atoms. The second-order valence-electron chi connectivity index (χ2n) is 3.29.